The zero-order chi connectivity index (χ0) is 13.4. The lowest BCUT2D eigenvalue weighted by Gasteiger charge is -2.14. The Morgan fingerprint density at radius 3 is 2.35 bits per heavy atom. The van der Waals surface area contributed by atoms with Gasteiger partial charge in [0, 0.05) is 6.54 Å². The molecule has 2 unspecified atom stereocenters. The van der Waals surface area contributed by atoms with E-state index in [2.05, 4.69) is 10.6 Å². The molecule has 0 aromatic carbocycles. The predicted molar refractivity (Wildman–Crippen MR) is 59.4 cm³/mol. The lowest BCUT2D eigenvalue weighted by molar-refractivity contribution is -0.145. The van der Waals surface area contributed by atoms with Gasteiger partial charge in [-0.15, -0.1) is 0 Å². The van der Waals surface area contributed by atoms with E-state index in [0.717, 1.165) is 0 Å². The SMILES string of the molecule is CCOC(=O)C(C)NC(=O)NCC(C)C(=O)O. The summed E-state index contributed by atoms with van der Waals surface area (Å²) in [7, 11) is 0. The van der Waals surface area contributed by atoms with Crippen molar-refractivity contribution in [2.24, 2.45) is 5.92 Å². The number of urea groups is 1. The molecule has 0 saturated heterocycles. The molecule has 0 aliphatic carbocycles. The Kier molecular flexibility index (Phi) is 6.69. The highest BCUT2D eigenvalue weighted by Crippen LogP contribution is 1.92. The molecule has 0 fully saturated rings. The van der Waals surface area contributed by atoms with Gasteiger partial charge in [-0.2, -0.15) is 0 Å². The van der Waals surface area contributed by atoms with Crippen molar-refractivity contribution in [1.82, 2.24) is 10.6 Å². The Hall–Kier alpha value is -1.79. The fourth-order valence-corrected chi connectivity index (χ4v) is 0.907. The number of aliphatic carboxylic acids is 1. The van der Waals surface area contributed by atoms with E-state index in [1.807, 2.05) is 0 Å². The maximum Gasteiger partial charge on any atom is 0.328 e. The van der Waals surface area contributed by atoms with Gasteiger partial charge >= 0.3 is 18.0 Å². The molecule has 17 heavy (non-hydrogen) atoms. The average Bonchev–Trinajstić information content (AvgIpc) is 2.25. The van der Waals surface area contributed by atoms with Gasteiger partial charge in [0.25, 0.3) is 0 Å². The van der Waals surface area contributed by atoms with Gasteiger partial charge in [0.15, 0.2) is 0 Å². The van der Waals surface area contributed by atoms with Gasteiger partial charge < -0.3 is 20.5 Å². The lowest BCUT2D eigenvalue weighted by Crippen LogP contribution is -2.46. The monoisotopic (exact) mass is 246 g/mol. The first kappa shape index (κ1) is 15.2. The van der Waals surface area contributed by atoms with E-state index in [4.69, 9.17) is 9.84 Å². The zero-order valence-electron chi connectivity index (χ0n) is 10.1. The number of amides is 2. The molecule has 0 bridgehead atoms. The van der Waals surface area contributed by atoms with Gasteiger partial charge in [-0.25, -0.2) is 9.59 Å². The van der Waals surface area contributed by atoms with Crippen LogP contribution in [0, 0.1) is 5.92 Å². The van der Waals surface area contributed by atoms with Crippen molar-refractivity contribution in [3.63, 3.8) is 0 Å². The minimum atomic E-state index is -0.997. The van der Waals surface area contributed by atoms with Gasteiger partial charge in [0.2, 0.25) is 0 Å². The summed E-state index contributed by atoms with van der Waals surface area (Å²) in [6.07, 6.45) is 0. The van der Waals surface area contributed by atoms with Gasteiger partial charge in [-0.3, -0.25) is 4.79 Å². The molecule has 0 aliphatic rings. The minimum absolute atomic E-state index is 0.00326. The van der Waals surface area contributed by atoms with Crippen molar-refractivity contribution in [3.8, 4) is 0 Å². The minimum Gasteiger partial charge on any atom is -0.481 e. The Balaban J connectivity index is 3.93. The Morgan fingerprint density at radius 2 is 1.88 bits per heavy atom. The molecule has 2 amide bonds. The molecule has 7 heteroatoms. The first-order valence-electron chi connectivity index (χ1n) is 5.32. The number of carbonyl (C=O) groups is 3. The maximum absolute atomic E-state index is 11.3. The van der Waals surface area contributed by atoms with E-state index >= 15 is 0 Å². The van der Waals surface area contributed by atoms with E-state index in [1.165, 1.54) is 13.8 Å². The molecule has 0 radical (unpaired) electrons. The van der Waals surface area contributed by atoms with Crippen LogP contribution in [0.2, 0.25) is 0 Å². The number of rotatable bonds is 6. The largest absolute Gasteiger partial charge is 0.481 e. The second-order valence-corrected chi connectivity index (χ2v) is 3.57. The normalized spacial score (nSPS) is 13.4. The smallest absolute Gasteiger partial charge is 0.328 e. The first-order chi connectivity index (χ1) is 7.88. The van der Waals surface area contributed by atoms with Crippen LogP contribution in [0.1, 0.15) is 20.8 Å². The Labute approximate surface area is 99.5 Å². The molecule has 0 aliphatic heterocycles. The summed E-state index contributed by atoms with van der Waals surface area (Å²) >= 11 is 0. The second-order valence-electron chi connectivity index (χ2n) is 3.57. The summed E-state index contributed by atoms with van der Waals surface area (Å²) in [4.78, 5) is 32.9. The lowest BCUT2D eigenvalue weighted by atomic mass is 10.2. The van der Waals surface area contributed by atoms with Crippen molar-refractivity contribution in [2.45, 2.75) is 26.8 Å². The number of hydrogen-bond donors (Lipinski definition) is 3. The van der Waals surface area contributed by atoms with Crippen LogP contribution in [0.25, 0.3) is 0 Å². The maximum atomic E-state index is 11.3. The second kappa shape index (κ2) is 7.48. The summed E-state index contributed by atoms with van der Waals surface area (Å²) in [5.74, 6) is -2.21. The van der Waals surface area contributed by atoms with E-state index in [0.29, 0.717) is 0 Å². The van der Waals surface area contributed by atoms with Gasteiger partial charge in [-0.05, 0) is 13.8 Å². The van der Waals surface area contributed by atoms with Crippen molar-refractivity contribution in [1.29, 1.82) is 0 Å². The molecule has 7 nitrogen and oxygen atoms in total. The fraction of sp³-hybridized carbons (Fsp3) is 0.700. The highest BCUT2D eigenvalue weighted by Gasteiger charge is 2.17. The third kappa shape index (κ3) is 6.39. The predicted octanol–water partition coefficient (Wildman–Crippen LogP) is -0.0421. The van der Waals surface area contributed by atoms with Crippen LogP contribution >= 0.6 is 0 Å². The van der Waals surface area contributed by atoms with E-state index in [9.17, 15) is 14.4 Å². The fourth-order valence-electron chi connectivity index (χ4n) is 0.907. The molecule has 0 saturated carbocycles. The summed E-state index contributed by atoms with van der Waals surface area (Å²) < 4.78 is 4.69. The Bertz CT molecular complexity index is 292. The van der Waals surface area contributed by atoms with Crippen LogP contribution in [0.15, 0.2) is 0 Å². The molecule has 3 N–H and O–H groups in total. The molecule has 0 rings (SSSR count). The summed E-state index contributed by atoms with van der Waals surface area (Å²) in [5.41, 5.74) is 0. The summed E-state index contributed by atoms with van der Waals surface area (Å²) in [6, 6.07) is -1.37. The standard InChI is InChI=1S/C10H18N2O5/c1-4-17-9(15)7(3)12-10(16)11-5-6(2)8(13)14/h6-7H,4-5H2,1-3H3,(H,13,14)(H2,11,12,16). The molecule has 0 heterocycles. The van der Waals surface area contributed by atoms with E-state index < -0.39 is 29.9 Å². The molecule has 0 aromatic heterocycles. The van der Waals surface area contributed by atoms with E-state index in [-0.39, 0.29) is 13.2 Å². The van der Waals surface area contributed by atoms with Crippen molar-refractivity contribution in [2.75, 3.05) is 13.2 Å². The molecular formula is C10H18N2O5. The van der Waals surface area contributed by atoms with Crippen LogP contribution in [-0.4, -0.2) is 42.3 Å². The van der Waals surface area contributed by atoms with Crippen molar-refractivity contribution < 1.29 is 24.2 Å². The summed E-state index contributed by atoms with van der Waals surface area (Å²) in [6.45, 7) is 4.86. The van der Waals surface area contributed by atoms with Crippen LogP contribution in [0.4, 0.5) is 4.79 Å². The number of carboxylic acids is 1. The van der Waals surface area contributed by atoms with Gasteiger partial charge in [0.1, 0.15) is 6.04 Å². The number of carbonyl (C=O) groups excluding carboxylic acids is 2. The van der Waals surface area contributed by atoms with Gasteiger partial charge in [0.05, 0.1) is 12.5 Å². The van der Waals surface area contributed by atoms with Crippen LogP contribution in [0.3, 0.4) is 0 Å². The van der Waals surface area contributed by atoms with Crippen molar-refractivity contribution >= 4 is 18.0 Å². The molecule has 0 aromatic rings. The number of carboxylic acid groups (broad SMARTS) is 1. The number of hydrogen-bond acceptors (Lipinski definition) is 4. The Morgan fingerprint density at radius 1 is 1.29 bits per heavy atom. The van der Waals surface area contributed by atoms with Crippen molar-refractivity contribution in [3.05, 3.63) is 0 Å². The summed E-state index contributed by atoms with van der Waals surface area (Å²) in [5, 5.41) is 13.3. The average molecular weight is 246 g/mol. The van der Waals surface area contributed by atoms with Crippen LogP contribution in [0.5, 0.6) is 0 Å². The van der Waals surface area contributed by atoms with Crippen LogP contribution < -0.4 is 10.6 Å². The number of esters is 1. The highest BCUT2D eigenvalue weighted by molar-refractivity contribution is 5.83. The molecule has 2 atom stereocenters. The highest BCUT2D eigenvalue weighted by atomic mass is 16.5. The topological polar surface area (TPSA) is 105 Å². The quantitative estimate of drug-likeness (QED) is 0.570. The first-order valence-corrected chi connectivity index (χ1v) is 5.32. The van der Waals surface area contributed by atoms with E-state index in [1.54, 1.807) is 6.92 Å². The van der Waals surface area contributed by atoms with Gasteiger partial charge in [-0.1, -0.05) is 6.92 Å². The third-order valence-corrected chi connectivity index (χ3v) is 1.98. The third-order valence-electron chi connectivity index (χ3n) is 1.98. The zero-order valence-corrected chi connectivity index (χ0v) is 10.1. The van der Waals surface area contributed by atoms with Crippen LogP contribution in [-0.2, 0) is 14.3 Å². The molecular weight excluding hydrogens is 228 g/mol. The molecule has 0 spiro atoms. The number of nitrogens with one attached hydrogen (secondary N) is 2. The number of ether oxygens (including phenoxy) is 1. The molecule has 98 valence electrons.